The predicted octanol–water partition coefficient (Wildman–Crippen LogP) is 3.14. The minimum Gasteiger partial charge on any atom is -0.493 e. The highest BCUT2D eigenvalue weighted by molar-refractivity contribution is 5.69. The number of benzene rings is 1. The average molecular weight is 393 g/mol. The van der Waals surface area contributed by atoms with Crippen LogP contribution in [0.2, 0.25) is 0 Å². The van der Waals surface area contributed by atoms with Gasteiger partial charge in [0.05, 0.1) is 33.1 Å². The van der Waals surface area contributed by atoms with E-state index < -0.39 is 0 Å². The van der Waals surface area contributed by atoms with Crippen molar-refractivity contribution in [2.24, 2.45) is 0 Å². The topological polar surface area (TPSA) is 81.6 Å². The number of nitrogens with one attached hydrogen (secondary N) is 1. The molecule has 8 nitrogen and oxygen atoms in total. The van der Waals surface area contributed by atoms with Gasteiger partial charge in [-0.3, -0.25) is 4.98 Å². The van der Waals surface area contributed by atoms with Crippen molar-refractivity contribution < 1.29 is 14.2 Å². The van der Waals surface area contributed by atoms with E-state index in [9.17, 15) is 0 Å². The van der Waals surface area contributed by atoms with Crippen molar-refractivity contribution in [3.63, 3.8) is 0 Å². The van der Waals surface area contributed by atoms with Crippen LogP contribution in [-0.2, 0) is 4.74 Å². The van der Waals surface area contributed by atoms with Crippen molar-refractivity contribution in [3.05, 3.63) is 48.8 Å². The molecule has 1 N–H and O–H groups in total. The molecule has 0 saturated carbocycles. The Kier molecular flexibility index (Phi) is 5.71. The molecule has 0 amide bonds. The molecule has 1 aromatic carbocycles. The number of methoxy groups -OCH3 is 2. The van der Waals surface area contributed by atoms with Gasteiger partial charge in [0.15, 0.2) is 11.5 Å². The van der Waals surface area contributed by atoms with Gasteiger partial charge in [0.2, 0.25) is 5.95 Å². The number of rotatable bonds is 6. The number of hydrogen-bond donors (Lipinski definition) is 1. The van der Waals surface area contributed by atoms with Crippen LogP contribution in [0.3, 0.4) is 0 Å². The number of nitrogens with zero attached hydrogens (tertiary/aromatic N) is 4. The second-order valence-corrected chi connectivity index (χ2v) is 6.47. The summed E-state index contributed by atoms with van der Waals surface area (Å²) >= 11 is 0. The molecule has 1 saturated heterocycles. The van der Waals surface area contributed by atoms with Crippen molar-refractivity contribution in [1.29, 1.82) is 0 Å². The molecule has 0 unspecified atom stereocenters. The fraction of sp³-hybridized carbons (Fsp3) is 0.286. The van der Waals surface area contributed by atoms with Gasteiger partial charge in [0, 0.05) is 42.8 Å². The van der Waals surface area contributed by atoms with Crippen LogP contribution >= 0.6 is 0 Å². The Bertz CT molecular complexity index is 962. The lowest BCUT2D eigenvalue weighted by atomic mass is 10.1. The normalized spacial score (nSPS) is 13.8. The summed E-state index contributed by atoms with van der Waals surface area (Å²) in [5, 5.41) is 3.34. The highest BCUT2D eigenvalue weighted by Crippen LogP contribution is 2.33. The maximum Gasteiger partial charge on any atom is 0.228 e. The van der Waals surface area contributed by atoms with Crippen LogP contribution in [0.15, 0.2) is 48.8 Å². The number of aromatic nitrogens is 3. The molecule has 2 aromatic heterocycles. The summed E-state index contributed by atoms with van der Waals surface area (Å²) in [6.07, 6.45) is 3.48. The van der Waals surface area contributed by atoms with Gasteiger partial charge in [-0.1, -0.05) is 0 Å². The quantitative estimate of drug-likeness (QED) is 0.684. The van der Waals surface area contributed by atoms with E-state index in [0.717, 1.165) is 30.0 Å². The molecular weight excluding hydrogens is 370 g/mol. The van der Waals surface area contributed by atoms with Crippen LogP contribution in [-0.4, -0.2) is 55.5 Å². The van der Waals surface area contributed by atoms with E-state index in [4.69, 9.17) is 24.2 Å². The first-order valence-corrected chi connectivity index (χ1v) is 9.38. The maximum atomic E-state index is 5.47. The summed E-state index contributed by atoms with van der Waals surface area (Å²) in [6, 6.07) is 11.5. The van der Waals surface area contributed by atoms with Crippen LogP contribution in [0.25, 0.3) is 11.3 Å². The van der Waals surface area contributed by atoms with Crippen molar-refractivity contribution in [2.45, 2.75) is 0 Å². The fourth-order valence-electron chi connectivity index (χ4n) is 3.13. The Morgan fingerprint density at radius 3 is 2.41 bits per heavy atom. The van der Waals surface area contributed by atoms with Gasteiger partial charge >= 0.3 is 0 Å². The Morgan fingerprint density at radius 1 is 0.931 bits per heavy atom. The maximum absolute atomic E-state index is 5.47. The van der Waals surface area contributed by atoms with Crippen molar-refractivity contribution >= 4 is 17.5 Å². The van der Waals surface area contributed by atoms with Crippen LogP contribution in [0.4, 0.5) is 17.5 Å². The lowest BCUT2D eigenvalue weighted by Gasteiger charge is -2.27. The lowest BCUT2D eigenvalue weighted by molar-refractivity contribution is 0.122. The molecule has 150 valence electrons. The Balaban J connectivity index is 1.74. The molecule has 0 atom stereocenters. The zero-order chi connectivity index (χ0) is 20.1. The molecule has 1 fully saturated rings. The third-order valence-electron chi connectivity index (χ3n) is 4.64. The second kappa shape index (κ2) is 8.74. The molecule has 0 bridgehead atoms. The van der Waals surface area contributed by atoms with Gasteiger partial charge < -0.3 is 24.4 Å². The predicted molar refractivity (Wildman–Crippen MR) is 111 cm³/mol. The van der Waals surface area contributed by atoms with Gasteiger partial charge in [-0.25, -0.2) is 4.98 Å². The summed E-state index contributed by atoms with van der Waals surface area (Å²) in [4.78, 5) is 15.7. The van der Waals surface area contributed by atoms with Crippen molar-refractivity contribution in [1.82, 2.24) is 15.0 Å². The van der Waals surface area contributed by atoms with E-state index in [1.807, 2.05) is 36.4 Å². The first kappa shape index (κ1) is 18.9. The smallest absolute Gasteiger partial charge is 0.228 e. The third-order valence-corrected chi connectivity index (χ3v) is 4.64. The van der Waals surface area contributed by atoms with Gasteiger partial charge in [-0.15, -0.1) is 0 Å². The molecule has 1 aliphatic rings. The van der Waals surface area contributed by atoms with E-state index in [1.165, 1.54) is 0 Å². The van der Waals surface area contributed by atoms with Crippen LogP contribution in [0.1, 0.15) is 0 Å². The number of morpholine rings is 1. The van der Waals surface area contributed by atoms with E-state index in [-0.39, 0.29) is 0 Å². The van der Waals surface area contributed by atoms with Crippen molar-refractivity contribution in [2.75, 3.05) is 50.7 Å². The van der Waals surface area contributed by atoms with E-state index >= 15 is 0 Å². The molecule has 4 rings (SSSR count). The minimum absolute atomic E-state index is 0.653. The molecule has 8 heteroatoms. The van der Waals surface area contributed by atoms with Crippen molar-refractivity contribution in [3.8, 4) is 22.8 Å². The Morgan fingerprint density at radius 2 is 1.69 bits per heavy atom. The molecule has 0 radical (unpaired) electrons. The number of anilines is 3. The average Bonchev–Trinajstić information content (AvgIpc) is 2.79. The summed E-state index contributed by atoms with van der Waals surface area (Å²) in [7, 11) is 3.24. The number of hydrogen-bond acceptors (Lipinski definition) is 8. The number of pyridine rings is 1. The lowest BCUT2D eigenvalue weighted by Crippen LogP contribution is -2.37. The Labute approximate surface area is 169 Å². The molecule has 0 spiro atoms. The van der Waals surface area contributed by atoms with E-state index in [1.54, 1.807) is 26.6 Å². The number of ether oxygens (including phenoxy) is 3. The largest absolute Gasteiger partial charge is 0.493 e. The van der Waals surface area contributed by atoms with Crippen LogP contribution < -0.4 is 19.7 Å². The standard InChI is InChI=1S/C21H23N5O3/c1-27-18-4-3-15(13-19(18)28-2)17-14-20(23-16-5-7-22-8-6-16)25-21(24-17)26-9-11-29-12-10-26/h3-8,13-14H,9-12H2,1-2H3,(H,22,23,24,25). The molecule has 0 aliphatic carbocycles. The molecule has 3 aromatic rings. The van der Waals surface area contributed by atoms with E-state index in [0.29, 0.717) is 36.5 Å². The SMILES string of the molecule is COc1ccc(-c2cc(Nc3ccncc3)nc(N3CCOCC3)n2)cc1OC. The fourth-order valence-corrected chi connectivity index (χ4v) is 3.13. The zero-order valence-corrected chi connectivity index (χ0v) is 16.5. The monoisotopic (exact) mass is 393 g/mol. The summed E-state index contributed by atoms with van der Waals surface area (Å²) in [5.74, 6) is 2.70. The van der Waals surface area contributed by atoms with Gasteiger partial charge in [0.1, 0.15) is 5.82 Å². The zero-order valence-electron chi connectivity index (χ0n) is 16.5. The van der Waals surface area contributed by atoms with Gasteiger partial charge in [-0.2, -0.15) is 4.98 Å². The first-order chi connectivity index (χ1) is 14.3. The summed E-state index contributed by atoms with van der Waals surface area (Å²) < 4.78 is 16.3. The summed E-state index contributed by atoms with van der Waals surface area (Å²) in [6.45, 7) is 2.84. The molecule has 1 aliphatic heterocycles. The van der Waals surface area contributed by atoms with Gasteiger partial charge in [-0.05, 0) is 30.3 Å². The highest BCUT2D eigenvalue weighted by Gasteiger charge is 2.17. The first-order valence-electron chi connectivity index (χ1n) is 9.38. The van der Waals surface area contributed by atoms with Gasteiger partial charge in [0.25, 0.3) is 0 Å². The van der Waals surface area contributed by atoms with Crippen LogP contribution in [0, 0.1) is 0 Å². The highest BCUT2D eigenvalue weighted by atomic mass is 16.5. The van der Waals surface area contributed by atoms with Crippen LogP contribution in [0.5, 0.6) is 11.5 Å². The van der Waals surface area contributed by atoms with E-state index in [2.05, 4.69) is 15.2 Å². The third kappa shape index (κ3) is 4.38. The minimum atomic E-state index is 0.653. The molecule has 3 heterocycles. The molecular formula is C21H23N5O3. The Hall–Kier alpha value is -3.39. The molecule has 29 heavy (non-hydrogen) atoms. The second-order valence-electron chi connectivity index (χ2n) is 6.47. The summed E-state index contributed by atoms with van der Waals surface area (Å²) in [5.41, 5.74) is 2.61.